The van der Waals surface area contributed by atoms with Crippen LogP contribution < -0.4 is 5.76 Å². The zero-order valence-electron chi connectivity index (χ0n) is 9.89. The molecule has 4 nitrogen and oxygen atoms in total. The molecule has 18 heavy (non-hydrogen) atoms. The van der Waals surface area contributed by atoms with Crippen LogP contribution in [0.5, 0.6) is 0 Å². The summed E-state index contributed by atoms with van der Waals surface area (Å²) in [7, 11) is 0. The molecular weight excluding hydrogens is 345 g/mol. The third-order valence-corrected chi connectivity index (χ3v) is 4.00. The van der Waals surface area contributed by atoms with Crippen LogP contribution in [-0.4, -0.2) is 17.3 Å². The van der Waals surface area contributed by atoms with Gasteiger partial charge in [0.25, 0.3) is 0 Å². The first kappa shape index (κ1) is 12.2. The van der Waals surface area contributed by atoms with Gasteiger partial charge in [-0.15, -0.1) is 0 Å². The molecule has 1 unspecified atom stereocenters. The van der Waals surface area contributed by atoms with Crippen LogP contribution in [-0.2, 0) is 11.3 Å². The molecule has 2 aromatic rings. The molecule has 1 aliphatic rings. The van der Waals surface area contributed by atoms with Gasteiger partial charge in [-0.05, 0) is 60.1 Å². The van der Waals surface area contributed by atoms with E-state index >= 15 is 0 Å². The molecule has 1 saturated heterocycles. The third kappa shape index (κ3) is 2.33. The van der Waals surface area contributed by atoms with Crippen LogP contribution in [0.2, 0.25) is 0 Å². The third-order valence-electron chi connectivity index (χ3n) is 3.33. The van der Waals surface area contributed by atoms with Gasteiger partial charge in [0, 0.05) is 16.7 Å². The minimum Gasteiger partial charge on any atom is -0.408 e. The number of halogens is 1. The lowest BCUT2D eigenvalue weighted by Crippen LogP contribution is -2.18. The van der Waals surface area contributed by atoms with E-state index in [0.29, 0.717) is 18.2 Å². The first-order valence-electron chi connectivity index (χ1n) is 6.14. The molecule has 5 heteroatoms. The average molecular weight is 359 g/mol. The smallest absolute Gasteiger partial charge is 0.408 e. The molecule has 1 aromatic heterocycles. The molecule has 0 bridgehead atoms. The van der Waals surface area contributed by atoms with Gasteiger partial charge in [-0.1, -0.05) is 0 Å². The molecule has 0 spiro atoms. The Bertz CT molecular complexity index is 610. The van der Waals surface area contributed by atoms with Crippen molar-refractivity contribution in [3.05, 3.63) is 32.3 Å². The van der Waals surface area contributed by atoms with Crippen molar-refractivity contribution in [2.45, 2.75) is 31.9 Å². The molecule has 3 rings (SSSR count). The summed E-state index contributed by atoms with van der Waals surface area (Å²) in [4.78, 5) is 11.8. The highest BCUT2D eigenvalue weighted by Crippen LogP contribution is 2.19. The van der Waals surface area contributed by atoms with E-state index in [4.69, 9.17) is 9.15 Å². The fraction of sp³-hybridized carbons (Fsp3) is 0.462. The lowest BCUT2D eigenvalue weighted by atomic mass is 10.2. The number of hydrogen-bond acceptors (Lipinski definition) is 3. The Hall–Kier alpha value is -0.820. The highest BCUT2D eigenvalue weighted by Gasteiger charge is 2.17. The van der Waals surface area contributed by atoms with Crippen LogP contribution in [0.25, 0.3) is 11.1 Å². The van der Waals surface area contributed by atoms with Gasteiger partial charge in [0.1, 0.15) is 0 Å². The summed E-state index contributed by atoms with van der Waals surface area (Å²) < 4.78 is 13.6. The van der Waals surface area contributed by atoms with E-state index in [1.165, 1.54) is 0 Å². The SMILES string of the molecule is O=c1oc2ccc(I)cc2n1CCC1CCCO1. The fourth-order valence-electron chi connectivity index (χ4n) is 2.39. The molecule has 0 radical (unpaired) electrons. The molecular formula is C13H14INO3. The Kier molecular flexibility index (Phi) is 3.43. The van der Waals surface area contributed by atoms with Crippen molar-refractivity contribution in [2.24, 2.45) is 0 Å². The number of ether oxygens (including phenoxy) is 1. The number of aryl methyl sites for hydroxylation is 1. The Morgan fingerprint density at radius 2 is 2.33 bits per heavy atom. The number of hydrogen-bond donors (Lipinski definition) is 0. The fourth-order valence-corrected chi connectivity index (χ4v) is 2.87. The molecule has 1 aliphatic heterocycles. The van der Waals surface area contributed by atoms with E-state index in [1.54, 1.807) is 4.57 Å². The highest BCUT2D eigenvalue weighted by molar-refractivity contribution is 14.1. The lowest BCUT2D eigenvalue weighted by Gasteiger charge is -2.08. The summed E-state index contributed by atoms with van der Waals surface area (Å²) in [6, 6.07) is 5.77. The van der Waals surface area contributed by atoms with Crippen molar-refractivity contribution in [1.82, 2.24) is 4.57 Å². The second-order valence-electron chi connectivity index (χ2n) is 4.56. The van der Waals surface area contributed by atoms with Crippen LogP contribution in [0.4, 0.5) is 0 Å². The van der Waals surface area contributed by atoms with Crippen molar-refractivity contribution < 1.29 is 9.15 Å². The van der Waals surface area contributed by atoms with E-state index < -0.39 is 0 Å². The Morgan fingerprint density at radius 1 is 1.44 bits per heavy atom. The summed E-state index contributed by atoms with van der Waals surface area (Å²) in [6.45, 7) is 1.51. The minimum absolute atomic E-state index is 0.273. The summed E-state index contributed by atoms with van der Waals surface area (Å²) in [5.41, 5.74) is 1.54. The van der Waals surface area contributed by atoms with E-state index in [-0.39, 0.29) is 5.76 Å². The van der Waals surface area contributed by atoms with Crippen LogP contribution in [0, 0.1) is 3.57 Å². The number of rotatable bonds is 3. The second kappa shape index (κ2) is 5.05. The summed E-state index contributed by atoms with van der Waals surface area (Å²) in [5, 5.41) is 0. The summed E-state index contributed by atoms with van der Waals surface area (Å²) >= 11 is 2.24. The van der Waals surface area contributed by atoms with Crippen LogP contribution in [0.15, 0.2) is 27.4 Å². The maximum Gasteiger partial charge on any atom is 0.419 e. The van der Waals surface area contributed by atoms with Crippen molar-refractivity contribution in [3.8, 4) is 0 Å². The minimum atomic E-state index is -0.273. The Labute approximate surface area is 118 Å². The summed E-state index contributed by atoms with van der Waals surface area (Å²) in [5.74, 6) is -0.273. The number of fused-ring (bicyclic) bond motifs is 1. The second-order valence-corrected chi connectivity index (χ2v) is 5.80. The molecule has 0 aliphatic carbocycles. The van der Waals surface area contributed by atoms with E-state index in [2.05, 4.69) is 22.6 Å². The standard InChI is InChI=1S/C13H14INO3/c14-9-3-4-12-11(8-9)15(13(16)18-12)6-5-10-2-1-7-17-10/h3-4,8,10H,1-2,5-7H2. The maximum atomic E-state index is 11.8. The zero-order valence-corrected chi connectivity index (χ0v) is 12.1. The first-order chi connectivity index (χ1) is 8.74. The van der Waals surface area contributed by atoms with Gasteiger partial charge in [0.2, 0.25) is 0 Å². The molecule has 2 heterocycles. The van der Waals surface area contributed by atoms with Gasteiger partial charge < -0.3 is 9.15 Å². The van der Waals surface area contributed by atoms with Gasteiger partial charge in [0.05, 0.1) is 11.6 Å². The van der Waals surface area contributed by atoms with Crippen LogP contribution in [0.3, 0.4) is 0 Å². The van der Waals surface area contributed by atoms with Gasteiger partial charge >= 0.3 is 5.76 Å². The largest absolute Gasteiger partial charge is 0.419 e. The molecule has 0 N–H and O–H groups in total. The monoisotopic (exact) mass is 359 g/mol. The van der Waals surface area contributed by atoms with Crippen molar-refractivity contribution in [1.29, 1.82) is 0 Å². The van der Waals surface area contributed by atoms with E-state index in [0.717, 1.165) is 35.0 Å². The molecule has 96 valence electrons. The number of aromatic nitrogens is 1. The normalized spacial score (nSPS) is 19.7. The predicted molar refractivity (Wildman–Crippen MR) is 76.8 cm³/mol. The Morgan fingerprint density at radius 3 is 3.11 bits per heavy atom. The van der Waals surface area contributed by atoms with E-state index in [9.17, 15) is 4.79 Å². The zero-order chi connectivity index (χ0) is 12.5. The maximum absolute atomic E-state index is 11.8. The van der Waals surface area contributed by atoms with Gasteiger partial charge in [-0.2, -0.15) is 0 Å². The van der Waals surface area contributed by atoms with Crippen molar-refractivity contribution in [2.75, 3.05) is 6.61 Å². The first-order valence-corrected chi connectivity index (χ1v) is 7.22. The molecule has 1 aromatic carbocycles. The predicted octanol–water partition coefficient (Wildman–Crippen LogP) is 2.77. The average Bonchev–Trinajstić information content (AvgIpc) is 2.94. The number of benzene rings is 1. The molecule has 0 amide bonds. The summed E-state index contributed by atoms with van der Waals surface area (Å²) in [6.07, 6.45) is 3.40. The molecule has 0 saturated carbocycles. The Balaban J connectivity index is 1.87. The number of nitrogens with zero attached hydrogens (tertiary/aromatic N) is 1. The molecule has 1 atom stereocenters. The highest BCUT2D eigenvalue weighted by atomic mass is 127. The van der Waals surface area contributed by atoms with Crippen molar-refractivity contribution >= 4 is 33.7 Å². The van der Waals surface area contributed by atoms with Crippen LogP contribution >= 0.6 is 22.6 Å². The quantitative estimate of drug-likeness (QED) is 0.792. The van der Waals surface area contributed by atoms with Gasteiger partial charge in [-0.3, -0.25) is 4.57 Å². The van der Waals surface area contributed by atoms with Gasteiger partial charge in [-0.25, -0.2) is 4.79 Å². The van der Waals surface area contributed by atoms with Crippen molar-refractivity contribution in [3.63, 3.8) is 0 Å². The lowest BCUT2D eigenvalue weighted by molar-refractivity contribution is 0.100. The van der Waals surface area contributed by atoms with E-state index in [1.807, 2.05) is 18.2 Å². The van der Waals surface area contributed by atoms with Crippen LogP contribution in [0.1, 0.15) is 19.3 Å². The number of oxazole rings is 1. The topological polar surface area (TPSA) is 44.4 Å². The van der Waals surface area contributed by atoms with Gasteiger partial charge in [0.15, 0.2) is 5.58 Å². The molecule has 1 fully saturated rings.